The van der Waals surface area contributed by atoms with Crippen molar-refractivity contribution in [2.45, 2.75) is 18.4 Å². The van der Waals surface area contributed by atoms with Gasteiger partial charge in [0.2, 0.25) is 0 Å². The third-order valence-electron chi connectivity index (χ3n) is 4.08. The second-order valence-electron chi connectivity index (χ2n) is 6.00. The summed E-state index contributed by atoms with van der Waals surface area (Å²) < 4.78 is 33.5. The molecule has 0 saturated heterocycles. The predicted molar refractivity (Wildman–Crippen MR) is 114 cm³/mol. The fourth-order valence-electron chi connectivity index (χ4n) is 2.71. The minimum atomic E-state index is -3.78. The lowest BCUT2D eigenvalue weighted by molar-refractivity contribution is 0.340. The van der Waals surface area contributed by atoms with E-state index in [2.05, 4.69) is 0 Å². The molecule has 0 amide bonds. The number of anilines is 1. The minimum Gasteiger partial charge on any atom is -0.494 e. The number of ether oxygens (including phenoxy) is 1. The molecule has 0 radical (unpaired) electrons. The molecule has 0 atom stereocenters. The van der Waals surface area contributed by atoms with Crippen molar-refractivity contribution in [2.75, 3.05) is 10.9 Å². The smallest absolute Gasteiger partial charge is 0.264 e. The molecule has 3 aromatic carbocycles. The molecule has 3 rings (SSSR count). The summed E-state index contributed by atoms with van der Waals surface area (Å²) in [6.45, 7) is 2.54. The molecule has 0 N–H and O–H groups in total. The van der Waals surface area contributed by atoms with Crippen molar-refractivity contribution < 1.29 is 13.2 Å². The molecule has 0 aromatic heterocycles. The quantitative estimate of drug-likeness (QED) is 0.471. The van der Waals surface area contributed by atoms with Crippen LogP contribution >= 0.6 is 23.2 Å². The molecule has 0 heterocycles. The number of halogens is 2. The van der Waals surface area contributed by atoms with Crippen LogP contribution in [0.3, 0.4) is 0 Å². The first-order valence-electron chi connectivity index (χ1n) is 8.66. The third kappa shape index (κ3) is 4.61. The molecule has 0 aliphatic carbocycles. The van der Waals surface area contributed by atoms with Gasteiger partial charge in [0, 0.05) is 0 Å². The number of benzene rings is 3. The zero-order chi connectivity index (χ0) is 20.1. The van der Waals surface area contributed by atoms with E-state index in [9.17, 15) is 8.42 Å². The number of hydrogen-bond acceptors (Lipinski definition) is 3. The molecule has 4 nitrogen and oxygen atoms in total. The van der Waals surface area contributed by atoms with E-state index in [1.165, 1.54) is 4.31 Å². The lowest BCUT2D eigenvalue weighted by atomic mass is 10.2. The van der Waals surface area contributed by atoms with Gasteiger partial charge in [0.25, 0.3) is 10.0 Å². The van der Waals surface area contributed by atoms with Gasteiger partial charge < -0.3 is 4.74 Å². The number of rotatable bonds is 7. The maximum Gasteiger partial charge on any atom is 0.264 e. The Morgan fingerprint density at radius 2 is 1.57 bits per heavy atom. The van der Waals surface area contributed by atoms with Crippen LogP contribution < -0.4 is 9.04 Å². The van der Waals surface area contributed by atoms with E-state index in [1.54, 1.807) is 72.8 Å². The highest BCUT2D eigenvalue weighted by molar-refractivity contribution is 7.92. The van der Waals surface area contributed by atoms with Crippen LogP contribution in [0.1, 0.15) is 12.5 Å². The fourth-order valence-corrected chi connectivity index (χ4v) is 4.51. The lowest BCUT2D eigenvalue weighted by Gasteiger charge is -2.25. The van der Waals surface area contributed by atoms with Crippen molar-refractivity contribution in [1.29, 1.82) is 0 Å². The van der Waals surface area contributed by atoms with Crippen LogP contribution in [-0.4, -0.2) is 15.0 Å². The van der Waals surface area contributed by atoms with Gasteiger partial charge in [-0.25, -0.2) is 8.42 Å². The van der Waals surface area contributed by atoms with E-state index in [0.717, 1.165) is 5.56 Å². The summed E-state index contributed by atoms with van der Waals surface area (Å²) in [4.78, 5) is 0.212. The summed E-state index contributed by atoms with van der Waals surface area (Å²) in [5.74, 6) is 0.679. The van der Waals surface area contributed by atoms with E-state index in [-0.39, 0.29) is 11.4 Å². The Morgan fingerprint density at radius 1 is 0.893 bits per heavy atom. The highest BCUT2D eigenvalue weighted by Gasteiger charge is 2.25. The lowest BCUT2D eigenvalue weighted by Crippen LogP contribution is -2.30. The molecule has 0 saturated carbocycles. The highest BCUT2D eigenvalue weighted by atomic mass is 35.5. The SMILES string of the molecule is CCOc1ccc(N(Cc2ccc(Cl)c(Cl)c2)S(=O)(=O)c2ccccc2)cc1. The number of sulfonamides is 1. The summed E-state index contributed by atoms with van der Waals surface area (Å²) in [6, 6.07) is 20.4. The van der Waals surface area contributed by atoms with Gasteiger partial charge in [-0.05, 0) is 61.0 Å². The monoisotopic (exact) mass is 435 g/mol. The zero-order valence-corrected chi connectivity index (χ0v) is 17.5. The Kier molecular flexibility index (Phi) is 6.50. The molecule has 0 fully saturated rings. The zero-order valence-electron chi connectivity index (χ0n) is 15.2. The van der Waals surface area contributed by atoms with Crippen LogP contribution in [0.25, 0.3) is 0 Å². The first-order chi connectivity index (χ1) is 13.4. The van der Waals surface area contributed by atoms with Crippen LogP contribution in [0, 0.1) is 0 Å². The summed E-state index contributed by atoms with van der Waals surface area (Å²) >= 11 is 12.1. The average Bonchev–Trinajstić information content (AvgIpc) is 2.70. The molecular weight excluding hydrogens is 417 g/mol. The maximum absolute atomic E-state index is 13.3. The Hall–Kier alpha value is -2.21. The van der Waals surface area contributed by atoms with Crippen LogP contribution in [0.5, 0.6) is 5.75 Å². The van der Waals surface area contributed by atoms with Gasteiger partial charge in [0.1, 0.15) is 5.75 Å². The largest absolute Gasteiger partial charge is 0.494 e. The van der Waals surface area contributed by atoms with Gasteiger partial charge in [-0.3, -0.25) is 4.31 Å². The van der Waals surface area contributed by atoms with E-state index in [0.29, 0.717) is 28.1 Å². The van der Waals surface area contributed by atoms with Gasteiger partial charge in [0.15, 0.2) is 0 Å². The molecule has 0 bridgehead atoms. The summed E-state index contributed by atoms with van der Waals surface area (Å²) in [7, 11) is -3.78. The second kappa shape index (κ2) is 8.86. The van der Waals surface area contributed by atoms with E-state index < -0.39 is 10.0 Å². The first kappa shape index (κ1) is 20.5. The maximum atomic E-state index is 13.3. The molecule has 0 spiro atoms. The van der Waals surface area contributed by atoms with Crippen molar-refractivity contribution in [1.82, 2.24) is 0 Å². The number of hydrogen-bond donors (Lipinski definition) is 0. The average molecular weight is 436 g/mol. The van der Waals surface area contributed by atoms with Crippen molar-refractivity contribution in [3.63, 3.8) is 0 Å². The third-order valence-corrected chi connectivity index (χ3v) is 6.60. The second-order valence-corrected chi connectivity index (χ2v) is 8.68. The van der Waals surface area contributed by atoms with Gasteiger partial charge in [0.05, 0.1) is 33.8 Å². The van der Waals surface area contributed by atoms with Crippen molar-refractivity contribution in [3.8, 4) is 5.75 Å². The van der Waals surface area contributed by atoms with Gasteiger partial charge >= 0.3 is 0 Å². The summed E-state index contributed by atoms with van der Waals surface area (Å²) in [5, 5.41) is 0.798. The van der Waals surface area contributed by atoms with Crippen LogP contribution in [-0.2, 0) is 16.6 Å². The Morgan fingerprint density at radius 3 is 2.18 bits per heavy atom. The molecule has 28 heavy (non-hydrogen) atoms. The molecule has 7 heteroatoms. The van der Waals surface area contributed by atoms with Crippen LogP contribution in [0.2, 0.25) is 10.0 Å². The highest BCUT2D eigenvalue weighted by Crippen LogP contribution is 2.29. The molecule has 0 aliphatic heterocycles. The van der Waals surface area contributed by atoms with Gasteiger partial charge in [-0.2, -0.15) is 0 Å². The van der Waals surface area contributed by atoms with E-state index in [4.69, 9.17) is 27.9 Å². The summed E-state index contributed by atoms with van der Waals surface area (Å²) in [5.41, 5.74) is 1.25. The Labute approximate surface area is 175 Å². The van der Waals surface area contributed by atoms with Crippen LogP contribution in [0.15, 0.2) is 77.7 Å². The Bertz CT molecular complexity index is 1040. The molecular formula is C21H19Cl2NO3S. The van der Waals surface area contributed by atoms with Crippen molar-refractivity contribution in [2.24, 2.45) is 0 Å². The first-order valence-corrected chi connectivity index (χ1v) is 10.9. The number of nitrogens with zero attached hydrogens (tertiary/aromatic N) is 1. The van der Waals surface area contributed by atoms with Crippen molar-refractivity contribution in [3.05, 3.63) is 88.4 Å². The standard InChI is InChI=1S/C21H19Cl2NO3S/c1-2-27-18-11-9-17(10-12-18)24(15-16-8-13-20(22)21(23)14-16)28(25,26)19-6-4-3-5-7-19/h3-14H,2,15H2,1H3. The fraction of sp³-hybridized carbons (Fsp3) is 0.143. The molecule has 0 aliphatic rings. The predicted octanol–water partition coefficient (Wildman–Crippen LogP) is 5.79. The minimum absolute atomic E-state index is 0.113. The summed E-state index contributed by atoms with van der Waals surface area (Å²) in [6.07, 6.45) is 0. The van der Waals surface area contributed by atoms with Crippen molar-refractivity contribution >= 4 is 38.9 Å². The normalized spacial score (nSPS) is 11.2. The molecule has 146 valence electrons. The molecule has 0 unspecified atom stereocenters. The molecule has 3 aromatic rings. The van der Waals surface area contributed by atoms with E-state index >= 15 is 0 Å². The van der Waals surface area contributed by atoms with Gasteiger partial charge in [-0.1, -0.05) is 47.5 Å². The Balaban J connectivity index is 2.04. The van der Waals surface area contributed by atoms with E-state index in [1.807, 2.05) is 6.92 Å². The van der Waals surface area contributed by atoms with Crippen LogP contribution in [0.4, 0.5) is 5.69 Å². The topological polar surface area (TPSA) is 46.6 Å². The van der Waals surface area contributed by atoms with Gasteiger partial charge in [-0.15, -0.1) is 0 Å².